The topological polar surface area (TPSA) is 72.2 Å². The largest absolute Gasteiger partial charge is 0.326 e. The first-order valence-corrected chi connectivity index (χ1v) is 9.22. The molecule has 2 rings (SSSR count). The number of sulfonamides is 1. The highest BCUT2D eigenvalue weighted by Crippen LogP contribution is 2.28. The number of rotatable bonds is 4. The molecular weight excluding hydrogens is 340 g/mol. The van der Waals surface area contributed by atoms with Gasteiger partial charge in [-0.05, 0) is 52.4 Å². The third kappa shape index (κ3) is 3.61. The van der Waals surface area contributed by atoms with E-state index in [4.69, 9.17) is 5.73 Å². The van der Waals surface area contributed by atoms with Crippen LogP contribution in [0.4, 0.5) is 0 Å². The summed E-state index contributed by atoms with van der Waals surface area (Å²) in [5, 5.41) is 0. The predicted molar refractivity (Wildman–Crippen MR) is 83.8 cm³/mol. The van der Waals surface area contributed by atoms with Gasteiger partial charge in [0.1, 0.15) is 0 Å². The molecule has 1 aromatic rings. The molecule has 1 aliphatic carbocycles. The minimum atomic E-state index is -3.51. The van der Waals surface area contributed by atoms with E-state index in [0.717, 1.165) is 24.8 Å². The van der Waals surface area contributed by atoms with Crippen molar-refractivity contribution in [3.05, 3.63) is 28.2 Å². The summed E-state index contributed by atoms with van der Waals surface area (Å²) < 4.78 is 28.5. The van der Waals surface area contributed by atoms with E-state index >= 15 is 0 Å². The Hall–Kier alpha value is -0.430. The van der Waals surface area contributed by atoms with Gasteiger partial charge in [-0.1, -0.05) is 25.8 Å². The van der Waals surface area contributed by atoms with E-state index in [1.165, 1.54) is 6.42 Å². The van der Waals surface area contributed by atoms with E-state index < -0.39 is 10.0 Å². The first kappa shape index (κ1) is 15.9. The lowest BCUT2D eigenvalue weighted by Gasteiger charge is -2.29. The average Bonchev–Trinajstić information content (AvgIpc) is 2.41. The summed E-state index contributed by atoms with van der Waals surface area (Å²) in [6.07, 6.45) is 4.26. The van der Waals surface area contributed by atoms with Crippen LogP contribution in [0, 0.1) is 5.92 Å². The van der Waals surface area contributed by atoms with Gasteiger partial charge in [0.25, 0.3) is 0 Å². The van der Waals surface area contributed by atoms with E-state index in [-0.39, 0.29) is 10.9 Å². The molecule has 0 aromatic heterocycles. The summed E-state index contributed by atoms with van der Waals surface area (Å²) in [5.74, 6) is 0.384. The second kappa shape index (κ2) is 6.56. The van der Waals surface area contributed by atoms with Gasteiger partial charge in [0.05, 0.1) is 4.90 Å². The lowest BCUT2D eigenvalue weighted by Crippen LogP contribution is -2.41. The molecule has 0 saturated heterocycles. The molecule has 4 nitrogen and oxygen atoms in total. The number of nitrogens with one attached hydrogen (secondary N) is 1. The van der Waals surface area contributed by atoms with Crippen LogP contribution in [0.3, 0.4) is 0 Å². The maximum Gasteiger partial charge on any atom is 0.241 e. The minimum Gasteiger partial charge on any atom is -0.326 e. The molecule has 2 atom stereocenters. The lowest BCUT2D eigenvalue weighted by molar-refractivity contribution is 0.310. The van der Waals surface area contributed by atoms with Crippen molar-refractivity contribution in [1.29, 1.82) is 0 Å². The van der Waals surface area contributed by atoms with Gasteiger partial charge in [-0.3, -0.25) is 0 Å². The minimum absolute atomic E-state index is 0.0298. The highest BCUT2D eigenvalue weighted by Gasteiger charge is 2.27. The molecule has 0 bridgehead atoms. The quantitative estimate of drug-likeness (QED) is 0.866. The molecule has 20 heavy (non-hydrogen) atoms. The zero-order valence-electron chi connectivity index (χ0n) is 11.6. The van der Waals surface area contributed by atoms with Crippen LogP contribution in [0.25, 0.3) is 0 Å². The molecule has 6 heteroatoms. The van der Waals surface area contributed by atoms with Crippen LogP contribution in [0.5, 0.6) is 0 Å². The van der Waals surface area contributed by atoms with Crippen LogP contribution >= 0.6 is 15.9 Å². The summed E-state index contributed by atoms with van der Waals surface area (Å²) in [5.41, 5.74) is 6.40. The van der Waals surface area contributed by atoms with Gasteiger partial charge < -0.3 is 5.73 Å². The number of nitrogens with two attached hydrogens (primary N) is 1. The van der Waals surface area contributed by atoms with Crippen molar-refractivity contribution in [2.75, 3.05) is 0 Å². The van der Waals surface area contributed by atoms with E-state index in [0.29, 0.717) is 16.9 Å². The molecule has 0 amide bonds. The normalized spacial score (nSPS) is 23.8. The molecule has 112 valence electrons. The summed E-state index contributed by atoms with van der Waals surface area (Å²) in [4.78, 5) is 0.276. The van der Waals surface area contributed by atoms with E-state index in [1.54, 1.807) is 12.1 Å². The van der Waals surface area contributed by atoms with Crippen LogP contribution in [-0.4, -0.2) is 14.5 Å². The van der Waals surface area contributed by atoms with Crippen molar-refractivity contribution in [2.45, 2.75) is 50.1 Å². The van der Waals surface area contributed by atoms with Crippen LogP contribution < -0.4 is 10.5 Å². The van der Waals surface area contributed by atoms with Crippen molar-refractivity contribution in [3.8, 4) is 0 Å². The Bertz CT molecular complexity index is 575. The Balaban J connectivity index is 2.25. The summed E-state index contributed by atoms with van der Waals surface area (Å²) >= 11 is 3.32. The molecule has 3 N–H and O–H groups in total. The van der Waals surface area contributed by atoms with Gasteiger partial charge in [0.15, 0.2) is 0 Å². The van der Waals surface area contributed by atoms with Gasteiger partial charge in [-0.15, -0.1) is 0 Å². The van der Waals surface area contributed by atoms with Crippen LogP contribution in [0.1, 0.15) is 38.2 Å². The Morgan fingerprint density at radius 3 is 2.70 bits per heavy atom. The van der Waals surface area contributed by atoms with Crippen LogP contribution in [0.15, 0.2) is 27.6 Å². The fraction of sp³-hybridized carbons (Fsp3) is 0.571. The fourth-order valence-corrected chi connectivity index (χ4v) is 5.03. The van der Waals surface area contributed by atoms with Crippen molar-refractivity contribution >= 4 is 26.0 Å². The number of halogens is 1. The fourth-order valence-electron chi connectivity index (χ4n) is 2.63. The van der Waals surface area contributed by atoms with Crippen molar-refractivity contribution in [2.24, 2.45) is 11.7 Å². The second-order valence-corrected chi connectivity index (χ2v) is 8.00. The predicted octanol–water partition coefficient (Wildman–Crippen LogP) is 2.76. The maximum atomic E-state index is 12.6. The molecule has 0 spiro atoms. The Morgan fingerprint density at radius 1 is 1.35 bits per heavy atom. The van der Waals surface area contributed by atoms with Gasteiger partial charge in [0, 0.05) is 17.1 Å². The molecule has 1 fully saturated rings. The third-order valence-electron chi connectivity index (χ3n) is 3.94. The molecule has 2 unspecified atom stereocenters. The third-order valence-corrected chi connectivity index (χ3v) is 6.42. The second-order valence-electron chi connectivity index (χ2n) is 5.46. The lowest BCUT2D eigenvalue weighted by atomic mass is 9.87. The van der Waals surface area contributed by atoms with Crippen LogP contribution in [-0.2, 0) is 16.6 Å². The highest BCUT2D eigenvalue weighted by molar-refractivity contribution is 9.10. The van der Waals surface area contributed by atoms with Gasteiger partial charge in [-0.25, -0.2) is 13.1 Å². The van der Waals surface area contributed by atoms with Gasteiger partial charge in [-0.2, -0.15) is 0 Å². The van der Waals surface area contributed by atoms with Gasteiger partial charge >= 0.3 is 0 Å². The van der Waals surface area contributed by atoms with E-state index in [2.05, 4.69) is 27.6 Å². The SMILES string of the molecule is CC1CCCCC1NS(=O)(=O)c1cc(CN)ccc1Br. The van der Waals surface area contributed by atoms with Crippen molar-refractivity contribution in [3.63, 3.8) is 0 Å². The van der Waals surface area contributed by atoms with E-state index in [1.807, 2.05) is 6.07 Å². The molecule has 1 aliphatic rings. The Morgan fingerprint density at radius 2 is 2.05 bits per heavy atom. The van der Waals surface area contributed by atoms with Gasteiger partial charge in [0.2, 0.25) is 10.0 Å². The number of hydrogen-bond acceptors (Lipinski definition) is 3. The zero-order chi connectivity index (χ0) is 14.8. The maximum absolute atomic E-state index is 12.6. The average molecular weight is 361 g/mol. The first-order valence-electron chi connectivity index (χ1n) is 6.95. The summed E-state index contributed by atoms with van der Waals surface area (Å²) in [6.45, 7) is 2.44. The van der Waals surface area contributed by atoms with Crippen molar-refractivity contribution < 1.29 is 8.42 Å². The molecule has 0 heterocycles. The molecule has 0 radical (unpaired) electrons. The number of hydrogen-bond donors (Lipinski definition) is 2. The summed E-state index contributed by atoms with van der Waals surface area (Å²) in [7, 11) is -3.51. The Kier molecular flexibility index (Phi) is 5.23. The summed E-state index contributed by atoms with van der Waals surface area (Å²) in [6, 6.07) is 5.23. The first-order chi connectivity index (χ1) is 9.44. The standard InChI is InChI=1S/C14H21BrN2O2S/c1-10-4-2-3-5-13(10)17-20(18,19)14-8-11(9-16)6-7-12(14)15/h6-8,10,13,17H,2-5,9,16H2,1H3. The monoisotopic (exact) mass is 360 g/mol. The zero-order valence-corrected chi connectivity index (χ0v) is 14.0. The molecule has 1 saturated carbocycles. The number of benzene rings is 1. The Labute approximate surface area is 129 Å². The molecular formula is C14H21BrN2O2S. The highest BCUT2D eigenvalue weighted by atomic mass is 79.9. The van der Waals surface area contributed by atoms with Crippen LogP contribution in [0.2, 0.25) is 0 Å². The molecule has 1 aromatic carbocycles. The molecule has 0 aliphatic heterocycles. The van der Waals surface area contributed by atoms with E-state index in [9.17, 15) is 8.42 Å². The van der Waals surface area contributed by atoms with Crippen molar-refractivity contribution in [1.82, 2.24) is 4.72 Å². The smallest absolute Gasteiger partial charge is 0.241 e.